The highest BCUT2D eigenvalue weighted by molar-refractivity contribution is 7.18. The molecule has 98 valence electrons. The molecule has 19 heavy (non-hydrogen) atoms. The Balaban J connectivity index is 2.05. The van der Waals surface area contributed by atoms with Crippen LogP contribution in [0, 0.1) is 0 Å². The maximum absolute atomic E-state index is 5.46. The van der Waals surface area contributed by atoms with Crippen molar-refractivity contribution in [3.63, 3.8) is 0 Å². The van der Waals surface area contributed by atoms with Gasteiger partial charge >= 0.3 is 0 Å². The first-order valence-corrected chi connectivity index (χ1v) is 6.92. The highest BCUT2D eigenvalue weighted by Crippen LogP contribution is 2.29. The molecule has 0 fully saturated rings. The van der Waals surface area contributed by atoms with Crippen molar-refractivity contribution in [2.45, 2.75) is 26.3 Å². The van der Waals surface area contributed by atoms with Crippen LogP contribution in [0.15, 0.2) is 22.7 Å². The zero-order chi connectivity index (χ0) is 13.4. The summed E-state index contributed by atoms with van der Waals surface area (Å²) in [7, 11) is 0. The zero-order valence-corrected chi connectivity index (χ0v) is 11.6. The predicted molar refractivity (Wildman–Crippen MR) is 74.9 cm³/mol. The van der Waals surface area contributed by atoms with Gasteiger partial charge in [-0.25, -0.2) is 4.98 Å². The average molecular weight is 274 g/mol. The van der Waals surface area contributed by atoms with Gasteiger partial charge < -0.3 is 10.3 Å². The normalized spacial score (nSPS) is 11.6. The molecular weight excluding hydrogens is 260 g/mol. The molecule has 0 spiro atoms. The number of hydrogen-bond acceptors (Lipinski definition) is 6. The van der Waals surface area contributed by atoms with Gasteiger partial charge in [0.2, 0.25) is 11.7 Å². The lowest BCUT2D eigenvalue weighted by molar-refractivity contribution is 0.380. The fourth-order valence-corrected chi connectivity index (χ4v) is 2.74. The number of hydrogen-bond donors (Lipinski definition) is 1. The highest BCUT2D eigenvalue weighted by atomic mass is 32.1. The Labute approximate surface area is 114 Å². The summed E-state index contributed by atoms with van der Waals surface area (Å²) < 4.78 is 6.20. The smallest absolute Gasteiger partial charge is 0.240 e. The number of nitrogens with two attached hydrogens (primary N) is 1. The molecule has 0 bridgehead atoms. The molecule has 0 aliphatic heterocycles. The summed E-state index contributed by atoms with van der Waals surface area (Å²) in [5.74, 6) is 1.44. The maximum atomic E-state index is 5.46. The molecule has 0 saturated carbocycles. The second kappa shape index (κ2) is 4.71. The fourth-order valence-electron chi connectivity index (χ4n) is 1.79. The second-order valence-corrected chi connectivity index (χ2v) is 5.67. The Morgan fingerprint density at radius 2 is 2.16 bits per heavy atom. The van der Waals surface area contributed by atoms with Crippen LogP contribution in [-0.4, -0.2) is 15.1 Å². The largest absolute Gasteiger partial charge is 0.338 e. The highest BCUT2D eigenvalue weighted by Gasteiger charge is 2.11. The lowest BCUT2D eigenvalue weighted by Gasteiger charge is -1.94. The van der Waals surface area contributed by atoms with Gasteiger partial charge in [0.15, 0.2) is 0 Å². The SMILES string of the molecule is CC(C)c1nc2cc(-c3noc(CN)n3)ccc2s1. The Bertz CT molecular complexity index is 716. The second-order valence-electron chi connectivity index (χ2n) is 4.61. The average Bonchev–Trinajstić information content (AvgIpc) is 3.04. The Hall–Kier alpha value is -1.79. The zero-order valence-electron chi connectivity index (χ0n) is 10.8. The van der Waals surface area contributed by atoms with Crippen molar-refractivity contribution >= 4 is 21.6 Å². The van der Waals surface area contributed by atoms with E-state index < -0.39 is 0 Å². The van der Waals surface area contributed by atoms with Crippen molar-refractivity contribution in [3.8, 4) is 11.4 Å². The molecule has 0 radical (unpaired) electrons. The molecular formula is C13H14N4OS. The molecule has 2 aromatic heterocycles. The van der Waals surface area contributed by atoms with Gasteiger partial charge in [-0.05, 0) is 18.2 Å². The van der Waals surface area contributed by atoms with E-state index in [1.165, 1.54) is 4.70 Å². The van der Waals surface area contributed by atoms with Crippen molar-refractivity contribution in [2.24, 2.45) is 5.73 Å². The standard InChI is InChI=1S/C13H14N4OS/c1-7(2)13-15-9-5-8(3-4-10(9)19-13)12-16-11(6-14)18-17-12/h3-5,7H,6,14H2,1-2H3. The molecule has 3 aromatic rings. The molecule has 2 heterocycles. The first-order chi connectivity index (χ1) is 9.17. The number of benzene rings is 1. The van der Waals surface area contributed by atoms with Crippen molar-refractivity contribution in [1.82, 2.24) is 15.1 Å². The number of fused-ring (bicyclic) bond motifs is 1. The predicted octanol–water partition coefficient (Wildman–Crippen LogP) is 2.93. The van der Waals surface area contributed by atoms with E-state index >= 15 is 0 Å². The van der Waals surface area contributed by atoms with Gasteiger partial charge in [0, 0.05) is 11.5 Å². The van der Waals surface area contributed by atoms with Gasteiger partial charge in [0.1, 0.15) is 0 Å². The summed E-state index contributed by atoms with van der Waals surface area (Å²) in [6.07, 6.45) is 0. The number of nitrogens with zero attached hydrogens (tertiary/aromatic N) is 3. The van der Waals surface area contributed by atoms with Crippen LogP contribution in [-0.2, 0) is 6.54 Å². The molecule has 3 rings (SSSR count). The maximum Gasteiger partial charge on any atom is 0.240 e. The third kappa shape index (κ3) is 2.24. The number of thiazole rings is 1. The monoisotopic (exact) mass is 274 g/mol. The first kappa shape index (κ1) is 12.3. The van der Waals surface area contributed by atoms with Crippen LogP contribution in [0.25, 0.3) is 21.6 Å². The van der Waals surface area contributed by atoms with Crippen molar-refractivity contribution in [2.75, 3.05) is 0 Å². The van der Waals surface area contributed by atoms with Gasteiger partial charge in [-0.1, -0.05) is 19.0 Å². The topological polar surface area (TPSA) is 77.8 Å². The minimum Gasteiger partial charge on any atom is -0.338 e. The Kier molecular flexibility index (Phi) is 3.04. The van der Waals surface area contributed by atoms with E-state index in [0.29, 0.717) is 17.6 Å². The van der Waals surface area contributed by atoms with E-state index in [4.69, 9.17) is 10.3 Å². The molecule has 2 N–H and O–H groups in total. The van der Waals surface area contributed by atoms with Crippen LogP contribution in [0.4, 0.5) is 0 Å². The van der Waals surface area contributed by atoms with Crippen LogP contribution in [0.3, 0.4) is 0 Å². The van der Waals surface area contributed by atoms with Crippen LogP contribution >= 0.6 is 11.3 Å². The van der Waals surface area contributed by atoms with E-state index in [1.807, 2.05) is 18.2 Å². The van der Waals surface area contributed by atoms with Gasteiger partial charge in [-0.2, -0.15) is 4.98 Å². The molecule has 0 aliphatic rings. The summed E-state index contributed by atoms with van der Waals surface area (Å²) in [4.78, 5) is 8.85. The fraction of sp³-hybridized carbons (Fsp3) is 0.308. The van der Waals surface area contributed by atoms with Crippen LogP contribution < -0.4 is 5.73 Å². The third-order valence-electron chi connectivity index (χ3n) is 2.80. The Morgan fingerprint density at radius 1 is 1.32 bits per heavy atom. The summed E-state index contributed by atoms with van der Waals surface area (Å²) in [5.41, 5.74) is 7.34. The molecule has 0 unspecified atom stereocenters. The van der Waals surface area contributed by atoms with Crippen molar-refractivity contribution in [3.05, 3.63) is 29.1 Å². The van der Waals surface area contributed by atoms with Crippen LogP contribution in [0.1, 0.15) is 30.7 Å². The van der Waals surface area contributed by atoms with E-state index in [1.54, 1.807) is 11.3 Å². The minimum atomic E-state index is 0.253. The van der Waals surface area contributed by atoms with Gasteiger partial charge in [-0.15, -0.1) is 11.3 Å². The van der Waals surface area contributed by atoms with Gasteiger partial charge in [0.05, 0.1) is 21.8 Å². The van der Waals surface area contributed by atoms with Crippen LogP contribution in [0.2, 0.25) is 0 Å². The molecule has 0 atom stereocenters. The van der Waals surface area contributed by atoms with E-state index in [-0.39, 0.29) is 6.54 Å². The molecule has 5 nitrogen and oxygen atoms in total. The Morgan fingerprint density at radius 3 is 2.84 bits per heavy atom. The summed E-state index contributed by atoms with van der Waals surface area (Å²) in [6, 6.07) is 6.02. The molecule has 6 heteroatoms. The summed E-state index contributed by atoms with van der Waals surface area (Å²) >= 11 is 1.72. The van der Waals surface area contributed by atoms with E-state index in [0.717, 1.165) is 16.1 Å². The van der Waals surface area contributed by atoms with Crippen LogP contribution in [0.5, 0.6) is 0 Å². The molecule has 0 saturated heterocycles. The first-order valence-electron chi connectivity index (χ1n) is 6.11. The van der Waals surface area contributed by atoms with Crippen molar-refractivity contribution in [1.29, 1.82) is 0 Å². The molecule has 0 aliphatic carbocycles. The van der Waals surface area contributed by atoms with Crippen molar-refractivity contribution < 1.29 is 4.52 Å². The quantitative estimate of drug-likeness (QED) is 0.794. The molecule has 0 amide bonds. The number of aromatic nitrogens is 3. The number of rotatable bonds is 3. The molecule has 1 aromatic carbocycles. The van der Waals surface area contributed by atoms with E-state index in [9.17, 15) is 0 Å². The van der Waals surface area contributed by atoms with Gasteiger partial charge in [-0.3, -0.25) is 0 Å². The summed E-state index contributed by atoms with van der Waals surface area (Å²) in [6.45, 7) is 4.54. The lowest BCUT2D eigenvalue weighted by Crippen LogP contribution is -1.95. The lowest BCUT2D eigenvalue weighted by atomic mass is 10.2. The third-order valence-corrected chi connectivity index (χ3v) is 4.14. The summed E-state index contributed by atoms with van der Waals surface area (Å²) in [5, 5.41) is 5.06. The van der Waals surface area contributed by atoms with E-state index in [2.05, 4.69) is 29.0 Å². The minimum absolute atomic E-state index is 0.253. The van der Waals surface area contributed by atoms with Gasteiger partial charge in [0.25, 0.3) is 0 Å².